The van der Waals surface area contributed by atoms with Crippen LogP contribution in [0.3, 0.4) is 0 Å². The molecule has 0 aromatic carbocycles. The number of aromatic nitrogens is 1. The summed E-state index contributed by atoms with van der Waals surface area (Å²) in [5.74, 6) is 1.94. The number of pyridine rings is 1. The fourth-order valence-electron chi connectivity index (χ4n) is 3.51. The Bertz CT molecular complexity index is 485. The first-order chi connectivity index (χ1) is 10.7. The fraction of sp³-hybridized carbons (Fsp3) is 0.647. The zero-order valence-corrected chi connectivity index (χ0v) is 14.2. The van der Waals surface area contributed by atoms with E-state index >= 15 is 0 Å². The SMILES string of the molecule is C[C@@H]1CCCC[C@@H]1NC(=S)N1CCN(c2cccc[nH+]2)CC1. The minimum Gasteiger partial charge on any atom is -0.360 e. The normalized spacial score (nSPS) is 25.9. The van der Waals surface area contributed by atoms with Gasteiger partial charge in [0, 0.05) is 12.1 Å². The lowest BCUT2D eigenvalue weighted by molar-refractivity contribution is -0.364. The predicted octanol–water partition coefficient (Wildman–Crippen LogP) is 2.08. The molecule has 2 N–H and O–H groups in total. The van der Waals surface area contributed by atoms with E-state index in [1.165, 1.54) is 31.5 Å². The van der Waals surface area contributed by atoms with E-state index in [1.807, 2.05) is 12.3 Å². The quantitative estimate of drug-likeness (QED) is 0.846. The largest absolute Gasteiger partial charge is 0.360 e. The number of anilines is 1. The molecule has 1 aliphatic heterocycles. The van der Waals surface area contributed by atoms with Crippen LogP contribution < -0.4 is 15.2 Å². The summed E-state index contributed by atoms with van der Waals surface area (Å²) in [6.45, 7) is 6.37. The Labute approximate surface area is 138 Å². The Balaban J connectivity index is 1.49. The maximum Gasteiger partial charge on any atom is 0.274 e. The van der Waals surface area contributed by atoms with Crippen molar-refractivity contribution in [3.8, 4) is 0 Å². The summed E-state index contributed by atoms with van der Waals surface area (Å²) >= 11 is 5.65. The summed E-state index contributed by atoms with van der Waals surface area (Å²) in [4.78, 5) is 8.03. The molecule has 0 bridgehead atoms. The molecule has 22 heavy (non-hydrogen) atoms. The van der Waals surface area contributed by atoms with Gasteiger partial charge in [0.15, 0.2) is 5.11 Å². The van der Waals surface area contributed by atoms with Crippen LogP contribution in [-0.2, 0) is 0 Å². The van der Waals surface area contributed by atoms with E-state index in [0.29, 0.717) is 6.04 Å². The van der Waals surface area contributed by atoms with Gasteiger partial charge < -0.3 is 10.2 Å². The molecular formula is C17H27N4S+. The van der Waals surface area contributed by atoms with Gasteiger partial charge in [-0.25, -0.2) is 4.98 Å². The highest BCUT2D eigenvalue weighted by Gasteiger charge is 2.27. The van der Waals surface area contributed by atoms with E-state index in [4.69, 9.17) is 12.2 Å². The average molecular weight is 319 g/mol. The summed E-state index contributed by atoms with van der Waals surface area (Å²) in [6.07, 6.45) is 7.29. The van der Waals surface area contributed by atoms with E-state index in [-0.39, 0.29) is 0 Å². The lowest BCUT2D eigenvalue weighted by atomic mass is 9.86. The average Bonchev–Trinajstić information content (AvgIpc) is 2.58. The van der Waals surface area contributed by atoms with Crippen LogP contribution in [0.5, 0.6) is 0 Å². The van der Waals surface area contributed by atoms with Gasteiger partial charge in [-0.05, 0) is 37.0 Å². The fourth-order valence-corrected chi connectivity index (χ4v) is 3.85. The maximum atomic E-state index is 5.65. The number of H-pyrrole nitrogens is 1. The third kappa shape index (κ3) is 3.69. The molecule has 0 unspecified atom stereocenters. The van der Waals surface area contributed by atoms with Gasteiger partial charge in [-0.1, -0.05) is 25.8 Å². The standard InChI is InChI=1S/C17H26N4S/c1-14-6-2-3-7-15(14)19-17(22)21-12-10-20(11-13-21)16-8-4-5-9-18-16/h4-5,8-9,14-15H,2-3,6-7,10-13H2,1H3,(H,19,22)/p+1/t14-,15+/m1/s1. The predicted molar refractivity (Wildman–Crippen MR) is 93.9 cm³/mol. The first-order valence-corrected chi connectivity index (χ1v) is 8.92. The Hall–Kier alpha value is -1.36. The second kappa shape index (κ2) is 7.27. The zero-order valence-electron chi connectivity index (χ0n) is 13.4. The van der Waals surface area contributed by atoms with Gasteiger partial charge >= 0.3 is 0 Å². The van der Waals surface area contributed by atoms with E-state index in [0.717, 1.165) is 37.2 Å². The van der Waals surface area contributed by atoms with Crippen molar-refractivity contribution in [3.63, 3.8) is 0 Å². The summed E-state index contributed by atoms with van der Waals surface area (Å²) in [6, 6.07) is 6.80. The molecule has 0 spiro atoms. The number of nitrogens with one attached hydrogen (secondary N) is 2. The highest BCUT2D eigenvalue weighted by atomic mass is 32.1. The number of rotatable bonds is 2. The number of thiocarbonyl (C=S) groups is 1. The van der Waals surface area contributed by atoms with E-state index in [1.54, 1.807) is 0 Å². The molecule has 2 fully saturated rings. The van der Waals surface area contributed by atoms with E-state index in [2.05, 4.69) is 39.2 Å². The van der Waals surface area contributed by atoms with Crippen LogP contribution in [0.2, 0.25) is 0 Å². The number of aromatic amines is 1. The molecular weight excluding hydrogens is 292 g/mol. The summed E-state index contributed by atoms with van der Waals surface area (Å²) < 4.78 is 0. The number of piperazine rings is 1. The third-order valence-corrected chi connectivity index (χ3v) is 5.40. The minimum atomic E-state index is 0.571. The molecule has 1 aliphatic carbocycles. The highest BCUT2D eigenvalue weighted by Crippen LogP contribution is 2.24. The molecule has 1 saturated carbocycles. The van der Waals surface area contributed by atoms with Gasteiger partial charge in [0.05, 0.1) is 19.3 Å². The summed E-state index contributed by atoms with van der Waals surface area (Å²) in [7, 11) is 0. The van der Waals surface area contributed by atoms with Gasteiger partial charge in [0.25, 0.3) is 5.82 Å². The van der Waals surface area contributed by atoms with Crippen molar-refractivity contribution >= 4 is 23.1 Å². The summed E-state index contributed by atoms with van der Waals surface area (Å²) in [5.41, 5.74) is 0. The topological polar surface area (TPSA) is 32.6 Å². The van der Waals surface area contributed by atoms with Crippen molar-refractivity contribution in [1.29, 1.82) is 0 Å². The lowest BCUT2D eigenvalue weighted by Crippen LogP contribution is -2.55. The van der Waals surface area contributed by atoms with Crippen LogP contribution in [0, 0.1) is 5.92 Å². The maximum absolute atomic E-state index is 5.65. The van der Waals surface area contributed by atoms with Gasteiger partial charge in [-0.3, -0.25) is 4.90 Å². The van der Waals surface area contributed by atoms with Crippen molar-refractivity contribution in [3.05, 3.63) is 24.4 Å². The monoisotopic (exact) mass is 319 g/mol. The van der Waals surface area contributed by atoms with Gasteiger partial charge in [0.1, 0.15) is 13.1 Å². The molecule has 1 saturated heterocycles. The third-order valence-electron chi connectivity index (χ3n) is 5.02. The zero-order chi connectivity index (χ0) is 15.4. The molecule has 2 aliphatic rings. The number of hydrogen-bond donors (Lipinski definition) is 1. The lowest BCUT2D eigenvalue weighted by Gasteiger charge is -2.36. The van der Waals surface area contributed by atoms with E-state index in [9.17, 15) is 0 Å². The summed E-state index contributed by atoms with van der Waals surface area (Å²) in [5, 5.41) is 4.58. The van der Waals surface area contributed by atoms with Gasteiger partial charge in [-0.2, -0.15) is 0 Å². The van der Waals surface area contributed by atoms with Crippen LogP contribution in [0.25, 0.3) is 0 Å². The molecule has 5 heteroatoms. The van der Waals surface area contributed by atoms with Gasteiger partial charge in [0.2, 0.25) is 0 Å². The molecule has 120 valence electrons. The van der Waals surface area contributed by atoms with Crippen molar-refractivity contribution in [2.75, 3.05) is 31.1 Å². The van der Waals surface area contributed by atoms with Crippen LogP contribution in [0.1, 0.15) is 32.6 Å². The van der Waals surface area contributed by atoms with Crippen LogP contribution >= 0.6 is 12.2 Å². The first kappa shape index (κ1) is 15.5. The van der Waals surface area contributed by atoms with Crippen molar-refractivity contribution in [2.45, 2.75) is 38.6 Å². The van der Waals surface area contributed by atoms with Crippen LogP contribution in [0.15, 0.2) is 24.4 Å². The Morgan fingerprint density at radius 1 is 1.18 bits per heavy atom. The number of hydrogen-bond acceptors (Lipinski definition) is 2. The molecule has 4 nitrogen and oxygen atoms in total. The molecule has 0 radical (unpaired) electrons. The van der Waals surface area contributed by atoms with Crippen molar-refractivity contribution in [2.24, 2.45) is 5.92 Å². The Morgan fingerprint density at radius 2 is 1.95 bits per heavy atom. The smallest absolute Gasteiger partial charge is 0.274 e. The highest BCUT2D eigenvalue weighted by molar-refractivity contribution is 7.80. The van der Waals surface area contributed by atoms with Gasteiger partial charge in [-0.15, -0.1) is 0 Å². The molecule has 2 atom stereocenters. The first-order valence-electron chi connectivity index (χ1n) is 8.51. The van der Waals surface area contributed by atoms with E-state index < -0.39 is 0 Å². The molecule has 2 heterocycles. The molecule has 0 amide bonds. The second-order valence-electron chi connectivity index (χ2n) is 6.54. The van der Waals surface area contributed by atoms with Crippen LogP contribution in [-0.4, -0.2) is 42.2 Å². The molecule has 1 aromatic heterocycles. The van der Waals surface area contributed by atoms with Crippen LogP contribution in [0.4, 0.5) is 5.82 Å². The molecule has 1 aromatic rings. The Morgan fingerprint density at radius 3 is 2.64 bits per heavy atom. The second-order valence-corrected chi connectivity index (χ2v) is 6.93. The number of nitrogens with zero attached hydrogens (tertiary/aromatic N) is 2. The Kier molecular flexibility index (Phi) is 5.13. The molecule has 3 rings (SSSR count). The minimum absolute atomic E-state index is 0.571. The van der Waals surface area contributed by atoms with Crippen molar-refractivity contribution < 1.29 is 4.98 Å². The van der Waals surface area contributed by atoms with Crippen molar-refractivity contribution in [1.82, 2.24) is 10.2 Å².